The van der Waals surface area contributed by atoms with Crippen molar-refractivity contribution < 1.29 is 18.7 Å². The van der Waals surface area contributed by atoms with Gasteiger partial charge in [0.1, 0.15) is 11.6 Å². The number of benzene rings is 1. The van der Waals surface area contributed by atoms with Crippen LogP contribution in [0.2, 0.25) is 5.15 Å². The van der Waals surface area contributed by atoms with Crippen LogP contribution in [-0.2, 0) is 9.47 Å². The quantitative estimate of drug-likeness (QED) is 0.321. The molecule has 4 aliphatic rings. The summed E-state index contributed by atoms with van der Waals surface area (Å²) in [6, 6.07) is 12.4. The number of fused-ring (bicyclic) bond motifs is 1. The lowest BCUT2D eigenvalue weighted by Gasteiger charge is -2.61. The average molecular weight is 549 g/mol. The highest BCUT2D eigenvalue weighted by Gasteiger charge is 2.58. The van der Waals surface area contributed by atoms with Gasteiger partial charge in [-0.1, -0.05) is 23.7 Å². The molecule has 3 saturated carbocycles. The third-order valence-electron chi connectivity index (χ3n) is 7.61. The molecule has 0 unspecified atom stereocenters. The smallest absolute Gasteiger partial charge is 0.408 e. The first kappa shape index (κ1) is 23.9. The summed E-state index contributed by atoms with van der Waals surface area (Å²) in [7, 11) is 0. The number of halogens is 2. The van der Waals surface area contributed by atoms with Crippen molar-refractivity contribution in [3.05, 3.63) is 59.0 Å². The Kier molecular flexibility index (Phi) is 5.47. The Balaban J connectivity index is 1.08. The number of ether oxygens (including phenoxy) is 2. The van der Waals surface area contributed by atoms with E-state index in [9.17, 15) is 10.1 Å². The highest BCUT2D eigenvalue weighted by molar-refractivity contribution is 6.29. The number of carbonyl (C=O) groups is 1. The minimum absolute atomic E-state index is 0.0586. The van der Waals surface area contributed by atoms with Crippen molar-refractivity contribution in [3.8, 4) is 17.3 Å². The van der Waals surface area contributed by atoms with Crippen LogP contribution in [0, 0.1) is 17.2 Å². The molecule has 39 heavy (non-hydrogen) atoms. The number of anilines is 2. The zero-order chi connectivity index (χ0) is 26.7. The number of rotatable bonds is 6. The van der Waals surface area contributed by atoms with Gasteiger partial charge in [0.25, 0.3) is 0 Å². The van der Waals surface area contributed by atoms with E-state index < -0.39 is 24.5 Å². The van der Waals surface area contributed by atoms with Crippen molar-refractivity contribution in [2.45, 2.75) is 43.2 Å². The van der Waals surface area contributed by atoms with Crippen molar-refractivity contribution in [3.63, 3.8) is 0 Å². The van der Waals surface area contributed by atoms with Crippen LogP contribution in [0.1, 0.15) is 36.6 Å². The minimum atomic E-state index is -1.56. The minimum Gasteiger partial charge on any atom is -0.441 e. The van der Waals surface area contributed by atoms with Crippen molar-refractivity contribution in [2.75, 3.05) is 11.9 Å². The molecule has 3 aliphatic carbocycles. The predicted octanol–water partition coefficient (Wildman–Crippen LogP) is 4.44. The van der Waals surface area contributed by atoms with E-state index in [1.54, 1.807) is 41.0 Å². The first-order valence-corrected chi connectivity index (χ1v) is 12.9. The van der Waals surface area contributed by atoms with E-state index in [1.165, 1.54) is 0 Å². The molecule has 4 heterocycles. The van der Waals surface area contributed by atoms with Gasteiger partial charge in [0.2, 0.25) is 0 Å². The molecule has 1 saturated heterocycles. The maximum absolute atomic E-state index is 15.2. The Morgan fingerprint density at radius 2 is 2.15 bits per heavy atom. The number of alkyl halides is 1. The predicted molar refractivity (Wildman–Crippen MR) is 137 cm³/mol. The van der Waals surface area contributed by atoms with E-state index in [1.807, 2.05) is 6.07 Å². The van der Waals surface area contributed by atoms with Gasteiger partial charge in [-0.2, -0.15) is 15.5 Å². The van der Waals surface area contributed by atoms with E-state index in [2.05, 4.69) is 32.0 Å². The Hall–Kier alpha value is -4.21. The zero-order valence-electron chi connectivity index (χ0n) is 20.4. The third-order valence-corrected chi connectivity index (χ3v) is 7.80. The topological polar surface area (TPSA) is 142 Å². The molecule has 4 aromatic rings. The van der Waals surface area contributed by atoms with E-state index >= 15 is 4.39 Å². The molecular formula is C26H22ClFN8O3. The second-order valence-corrected chi connectivity index (χ2v) is 10.7. The van der Waals surface area contributed by atoms with E-state index in [4.69, 9.17) is 26.1 Å². The van der Waals surface area contributed by atoms with E-state index in [0.29, 0.717) is 40.0 Å². The zero-order valence-corrected chi connectivity index (χ0v) is 21.2. The maximum atomic E-state index is 15.2. The molecule has 1 amide bonds. The summed E-state index contributed by atoms with van der Waals surface area (Å²) >= 11 is 6.16. The van der Waals surface area contributed by atoms with Crippen LogP contribution in [0.3, 0.4) is 0 Å². The highest BCUT2D eigenvalue weighted by Crippen LogP contribution is 2.57. The largest absolute Gasteiger partial charge is 0.441 e. The van der Waals surface area contributed by atoms with Gasteiger partial charge in [0, 0.05) is 23.2 Å². The number of amides is 1. The number of carbonyl (C=O) groups excluding carboxylic acids is 1. The lowest BCUT2D eigenvalue weighted by molar-refractivity contribution is -0.0528. The van der Waals surface area contributed by atoms with Crippen LogP contribution < -0.4 is 10.6 Å². The van der Waals surface area contributed by atoms with Crippen LogP contribution in [0.15, 0.2) is 42.6 Å². The van der Waals surface area contributed by atoms with Crippen molar-refractivity contribution in [2.24, 2.45) is 5.92 Å². The van der Waals surface area contributed by atoms with Crippen molar-refractivity contribution >= 4 is 34.8 Å². The molecule has 2 bridgehead atoms. The van der Waals surface area contributed by atoms with Crippen molar-refractivity contribution in [1.82, 2.24) is 30.1 Å². The molecule has 3 atom stereocenters. The molecular weight excluding hydrogens is 527 g/mol. The van der Waals surface area contributed by atoms with Crippen molar-refractivity contribution in [1.29, 1.82) is 5.26 Å². The number of hydrogen-bond donors (Lipinski definition) is 3. The number of alkyl carbamates (subject to hydrolysis) is 1. The van der Waals surface area contributed by atoms with Crippen LogP contribution >= 0.6 is 11.6 Å². The monoisotopic (exact) mass is 548 g/mol. The summed E-state index contributed by atoms with van der Waals surface area (Å²) in [5.74, 6) is 1.47. The fourth-order valence-electron chi connectivity index (χ4n) is 5.56. The fraction of sp³-hybridized carbons (Fsp3) is 0.346. The normalized spacial score (nSPS) is 26.9. The molecule has 1 aromatic carbocycles. The summed E-state index contributed by atoms with van der Waals surface area (Å²) in [6.45, 7) is -0.0586. The number of aromatic nitrogens is 5. The standard InChI is InChI=1S/C26H22ClFN8O3/c27-20-6-18-24(30-17(11-36(18)35-20)15-3-1-2-13(4-15)10-29)31-21-5-16(33-34-21)23-22(28)19(12-38-23)39-25(37)32-26-7-14(8-26)9-26/h1-6,11,14,19,22-23H,7-9,12H2,(H,32,37)(H2,30,31,33,34)/t14?,19-,22+,23-,26?/m1/s1. The molecule has 3 aromatic heterocycles. The number of H-pyrrole nitrogens is 1. The van der Waals surface area contributed by atoms with Crippen LogP contribution in [0.25, 0.3) is 16.8 Å². The van der Waals surface area contributed by atoms with E-state index in [0.717, 1.165) is 24.8 Å². The first-order valence-electron chi connectivity index (χ1n) is 12.5. The SMILES string of the molecule is N#Cc1cccc(-c2cn3nc(Cl)cc3c(Nc3cc([C@H]4OC[C@@H](OC(=O)NC56CC(C5)C6)[C@@H]4F)[nH]n3)n2)c1. The van der Waals surface area contributed by atoms with Crippen LogP contribution in [0.5, 0.6) is 0 Å². The van der Waals surface area contributed by atoms with E-state index in [-0.39, 0.29) is 17.3 Å². The number of nitrogens with one attached hydrogen (secondary N) is 3. The molecule has 8 rings (SSSR count). The van der Waals surface area contributed by atoms with Gasteiger partial charge in [-0.15, -0.1) is 0 Å². The van der Waals surface area contributed by atoms with Gasteiger partial charge in [-0.05, 0) is 37.3 Å². The lowest BCUT2D eigenvalue weighted by Crippen LogP contribution is -2.68. The van der Waals surface area contributed by atoms with Crippen LogP contribution in [0.4, 0.5) is 20.8 Å². The number of hydrogen-bond acceptors (Lipinski definition) is 8. The Labute approximate surface area is 226 Å². The molecule has 13 heteroatoms. The fourth-order valence-corrected chi connectivity index (χ4v) is 5.75. The van der Waals surface area contributed by atoms with Gasteiger partial charge < -0.3 is 20.1 Å². The Bertz CT molecular complexity index is 1630. The molecule has 0 spiro atoms. The van der Waals surface area contributed by atoms with Gasteiger partial charge in [0.05, 0.1) is 35.8 Å². The molecule has 0 radical (unpaired) electrons. The third kappa shape index (κ3) is 4.24. The highest BCUT2D eigenvalue weighted by atomic mass is 35.5. The molecule has 198 valence electrons. The lowest BCUT2D eigenvalue weighted by atomic mass is 9.50. The number of nitriles is 1. The summed E-state index contributed by atoms with van der Waals surface area (Å²) in [4.78, 5) is 17.0. The number of nitrogens with zero attached hydrogens (tertiary/aromatic N) is 5. The summed E-state index contributed by atoms with van der Waals surface area (Å²) < 4.78 is 27.8. The number of aromatic amines is 1. The molecule has 3 N–H and O–H groups in total. The Morgan fingerprint density at radius 3 is 2.92 bits per heavy atom. The average Bonchev–Trinajstić information content (AvgIpc) is 3.59. The van der Waals surface area contributed by atoms with Gasteiger partial charge >= 0.3 is 6.09 Å². The van der Waals surface area contributed by atoms with Gasteiger partial charge in [-0.25, -0.2) is 18.7 Å². The summed E-state index contributed by atoms with van der Waals surface area (Å²) in [5.41, 5.74) is 2.60. The Morgan fingerprint density at radius 1 is 1.31 bits per heavy atom. The van der Waals surface area contributed by atoms with Crippen LogP contribution in [-0.4, -0.2) is 55.3 Å². The van der Waals surface area contributed by atoms with Gasteiger partial charge in [0.15, 0.2) is 29.1 Å². The maximum Gasteiger partial charge on any atom is 0.408 e. The summed E-state index contributed by atoms with van der Waals surface area (Å²) in [5, 5.41) is 26.9. The summed E-state index contributed by atoms with van der Waals surface area (Å²) in [6.07, 6.45) is 0.460. The molecule has 1 aliphatic heterocycles. The molecule has 4 fully saturated rings. The molecule has 11 nitrogen and oxygen atoms in total. The second-order valence-electron chi connectivity index (χ2n) is 10.3. The second kappa shape index (κ2) is 8.93. The first-order chi connectivity index (χ1) is 18.9. The van der Waals surface area contributed by atoms with Gasteiger partial charge in [-0.3, -0.25) is 5.10 Å².